The number of phenolic OH excluding ortho intramolecular Hbond substituents is 1. The van der Waals surface area contributed by atoms with E-state index < -0.39 is 11.6 Å². The Kier molecular flexibility index (Phi) is 9.71. The molecule has 1 saturated carbocycles. The minimum atomic E-state index is -0.726. The third-order valence-electron chi connectivity index (χ3n) is 10.6. The average molecular weight is 685 g/mol. The summed E-state index contributed by atoms with van der Waals surface area (Å²) in [5, 5.41) is 14.4. The van der Waals surface area contributed by atoms with Crippen LogP contribution < -0.4 is 15.0 Å². The van der Waals surface area contributed by atoms with Crippen molar-refractivity contribution in [2.75, 3.05) is 57.9 Å². The molecule has 2 atom stereocenters. The summed E-state index contributed by atoms with van der Waals surface area (Å²) in [4.78, 5) is 28.6. The maximum atomic E-state index is 16.7. The van der Waals surface area contributed by atoms with E-state index in [2.05, 4.69) is 38.1 Å². The number of aromatic nitrogens is 3. The number of likely N-dealkylation sites (tertiary alicyclic amines) is 1. The Morgan fingerprint density at radius 1 is 1.12 bits per heavy atom. The molecule has 50 heavy (non-hydrogen) atoms. The molecule has 0 radical (unpaired) electrons. The Morgan fingerprint density at radius 2 is 1.98 bits per heavy atom. The van der Waals surface area contributed by atoms with Gasteiger partial charge >= 0.3 is 6.01 Å². The number of piperidine rings is 1. The van der Waals surface area contributed by atoms with Crippen molar-refractivity contribution in [2.24, 2.45) is 5.41 Å². The molecule has 8 rings (SSSR count). The number of pyridine rings is 1. The van der Waals surface area contributed by atoms with E-state index in [-0.39, 0.29) is 45.4 Å². The molecular weight excluding hydrogens is 642 g/mol. The number of fused-ring (bicyclic) bond motifs is 3. The van der Waals surface area contributed by atoms with Crippen LogP contribution in [-0.4, -0.2) is 90.0 Å². The maximum absolute atomic E-state index is 16.7. The van der Waals surface area contributed by atoms with Crippen LogP contribution in [0.1, 0.15) is 56.9 Å². The van der Waals surface area contributed by atoms with Gasteiger partial charge in [-0.2, -0.15) is 9.97 Å². The molecule has 10 nitrogen and oxygen atoms in total. The number of terminal acetylenes is 1. The van der Waals surface area contributed by atoms with Crippen LogP contribution >= 0.6 is 0 Å². The lowest BCUT2D eigenvalue weighted by atomic mass is 9.76. The minimum Gasteiger partial charge on any atom is -0.508 e. The highest BCUT2D eigenvalue weighted by atomic mass is 19.1. The molecule has 12 heteroatoms. The highest BCUT2D eigenvalue weighted by Gasteiger charge is 2.47. The number of aromatic hydroxyl groups is 1. The number of ether oxygens (including phenoxy) is 2. The predicted octanol–water partition coefficient (Wildman–Crippen LogP) is 5.58. The van der Waals surface area contributed by atoms with Crippen molar-refractivity contribution in [2.45, 2.75) is 57.4 Å². The zero-order valence-corrected chi connectivity index (χ0v) is 28.3. The predicted molar refractivity (Wildman–Crippen MR) is 187 cm³/mol. The molecule has 3 saturated heterocycles. The summed E-state index contributed by atoms with van der Waals surface area (Å²) in [6.07, 6.45) is 15.3. The Hall–Kier alpha value is -4.60. The number of anilines is 1. The van der Waals surface area contributed by atoms with Gasteiger partial charge in [-0.3, -0.25) is 9.78 Å². The zero-order valence-electron chi connectivity index (χ0n) is 28.3. The summed E-state index contributed by atoms with van der Waals surface area (Å²) in [6.45, 7) is 4.83. The third kappa shape index (κ3) is 6.52. The second-order valence-electron chi connectivity index (χ2n) is 13.7. The smallest absolute Gasteiger partial charge is 0.319 e. The number of rotatable bonds is 5. The van der Waals surface area contributed by atoms with Gasteiger partial charge in [0.2, 0.25) is 5.91 Å². The summed E-state index contributed by atoms with van der Waals surface area (Å²) in [6, 6.07) is 6.10. The molecule has 2 N–H and O–H groups in total. The average Bonchev–Trinajstić information content (AvgIpc) is 3.69. The maximum Gasteiger partial charge on any atom is 0.319 e. The van der Waals surface area contributed by atoms with Crippen LogP contribution in [0.3, 0.4) is 0 Å². The van der Waals surface area contributed by atoms with Crippen LogP contribution in [-0.2, 0) is 9.53 Å². The lowest BCUT2D eigenvalue weighted by Crippen LogP contribution is -2.50. The molecule has 5 heterocycles. The van der Waals surface area contributed by atoms with Gasteiger partial charge in [0.15, 0.2) is 5.82 Å². The van der Waals surface area contributed by atoms with Crippen LogP contribution in [0.5, 0.6) is 11.8 Å². The minimum absolute atomic E-state index is 0.0139. The topological polar surface area (TPSA) is 113 Å². The van der Waals surface area contributed by atoms with Crippen molar-refractivity contribution in [3.8, 4) is 35.4 Å². The highest BCUT2D eigenvalue weighted by Crippen LogP contribution is 2.47. The monoisotopic (exact) mass is 684 g/mol. The summed E-state index contributed by atoms with van der Waals surface area (Å²) in [5.74, 6) is 1.66. The molecule has 4 aliphatic rings. The Balaban J connectivity index is 0.000000593. The van der Waals surface area contributed by atoms with Crippen molar-refractivity contribution in [3.63, 3.8) is 0 Å². The second kappa shape index (κ2) is 14.3. The Morgan fingerprint density at radius 3 is 2.76 bits per heavy atom. The Bertz CT molecular complexity index is 1950. The molecule has 0 spiro atoms. The van der Waals surface area contributed by atoms with Crippen LogP contribution in [0.25, 0.3) is 32.9 Å². The van der Waals surface area contributed by atoms with E-state index in [0.29, 0.717) is 60.9 Å². The van der Waals surface area contributed by atoms with E-state index >= 15 is 4.39 Å². The van der Waals surface area contributed by atoms with E-state index in [4.69, 9.17) is 20.9 Å². The third-order valence-corrected chi connectivity index (χ3v) is 10.6. The molecule has 2 aromatic heterocycles. The van der Waals surface area contributed by atoms with E-state index in [1.165, 1.54) is 30.5 Å². The molecule has 1 amide bonds. The second-order valence-corrected chi connectivity index (χ2v) is 13.7. The van der Waals surface area contributed by atoms with Gasteiger partial charge in [0.05, 0.1) is 24.2 Å². The number of carbonyl (C=O) groups excluding carboxylic acids is 1. The van der Waals surface area contributed by atoms with Gasteiger partial charge in [0.1, 0.15) is 28.6 Å². The van der Waals surface area contributed by atoms with Gasteiger partial charge in [-0.15, -0.1) is 6.42 Å². The number of hydrogen-bond acceptors (Lipinski definition) is 9. The molecule has 0 bridgehead atoms. The van der Waals surface area contributed by atoms with E-state index in [0.717, 1.165) is 64.5 Å². The highest BCUT2D eigenvalue weighted by molar-refractivity contribution is 6.03. The first-order valence-electron chi connectivity index (χ1n) is 17.5. The SMILES string of the molecule is C#Cc1c(F)ccc2cc(O)cc(-c3ncc4c(N5CCCOCC5)nc(OCC56CCCC5N(C)CCC6)nc4c3F)c12.O=C1CCCN1. The zero-order chi connectivity index (χ0) is 34.8. The lowest BCUT2D eigenvalue weighted by Gasteiger charge is -2.44. The first-order valence-corrected chi connectivity index (χ1v) is 17.5. The fourth-order valence-electron chi connectivity index (χ4n) is 8.18. The number of amides is 1. The van der Waals surface area contributed by atoms with Crippen LogP contribution in [0, 0.1) is 29.4 Å². The van der Waals surface area contributed by atoms with Crippen LogP contribution in [0.2, 0.25) is 0 Å². The first-order chi connectivity index (χ1) is 24.3. The van der Waals surface area contributed by atoms with Gasteiger partial charge in [-0.25, -0.2) is 8.78 Å². The Labute approximate surface area is 290 Å². The number of benzene rings is 2. The largest absolute Gasteiger partial charge is 0.508 e. The number of halogens is 2. The van der Waals surface area contributed by atoms with E-state index in [1.54, 1.807) is 0 Å². The quantitative estimate of drug-likeness (QED) is 0.261. The van der Waals surface area contributed by atoms with Crippen molar-refractivity contribution >= 4 is 33.4 Å². The van der Waals surface area contributed by atoms with Crippen molar-refractivity contribution < 1.29 is 28.2 Å². The standard InChI is InChI=1S/C34H35F2N5O3.C4H7NO/c1-3-23-26(35)9-8-21-17-22(42)18-24(28(21)23)30-29(36)31-25(19-37-30)32(41-13-6-15-43-16-14-41)39-33(38-31)44-20-34-10-4-7-27(34)40(2)12-5-11-34;6-4-2-1-3-5-4/h1,8-9,17-19,27,42H,4-7,10-16,20H2,2H3;1-3H2,(H,5,6). The molecule has 262 valence electrons. The number of hydrogen-bond donors (Lipinski definition) is 2. The van der Waals surface area contributed by atoms with Crippen molar-refractivity contribution in [1.82, 2.24) is 25.2 Å². The van der Waals surface area contributed by atoms with Crippen molar-refractivity contribution in [3.05, 3.63) is 47.7 Å². The normalized spacial score (nSPS) is 22.4. The molecule has 3 aliphatic heterocycles. The fourth-order valence-corrected chi connectivity index (χ4v) is 8.18. The van der Waals surface area contributed by atoms with Gasteiger partial charge in [-0.1, -0.05) is 18.4 Å². The van der Waals surface area contributed by atoms with Gasteiger partial charge in [0, 0.05) is 61.3 Å². The molecule has 1 aliphatic carbocycles. The van der Waals surface area contributed by atoms with Crippen LogP contribution in [0.15, 0.2) is 30.5 Å². The number of carbonyl (C=O) groups is 1. The number of nitrogens with zero attached hydrogens (tertiary/aromatic N) is 5. The van der Waals surface area contributed by atoms with E-state index in [9.17, 15) is 14.3 Å². The molecule has 4 fully saturated rings. The van der Waals surface area contributed by atoms with Gasteiger partial charge in [-0.05, 0) is 75.7 Å². The van der Waals surface area contributed by atoms with E-state index in [1.807, 2.05) is 0 Å². The summed E-state index contributed by atoms with van der Waals surface area (Å²) in [5.41, 5.74) is 0.101. The first kappa shape index (κ1) is 33.9. The van der Waals surface area contributed by atoms with Crippen LogP contribution in [0.4, 0.5) is 14.6 Å². The fraction of sp³-hybridized carbons (Fsp3) is 0.474. The molecule has 2 unspecified atom stereocenters. The van der Waals surface area contributed by atoms with Gasteiger partial charge in [0.25, 0.3) is 0 Å². The molecular formula is C38H42F2N6O4. The summed E-state index contributed by atoms with van der Waals surface area (Å²) in [7, 11) is 2.18. The summed E-state index contributed by atoms with van der Waals surface area (Å²) < 4.78 is 43.6. The molecule has 2 aromatic carbocycles. The van der Waals surface area contributed by atoms with Crippen molar-refractivity contribution in [1.29, 1.82) is 0 Å². The summed E-state index contributed by atoms with van der Waals surface area (Å²) >= 11 is 0. The number of nitrogens with one attached hydrogen (secondary N) is 1. The lowest BCUT2D eigenvalue weighted by molar-refractivity contribution is -0.119. The van der Waals surface area contributed by atoms with Gasteiger partial charge < -0.3 is 29.7 Å². The molecule has 4 aromatic rings. The number of phenols is 1.